The normalized spacial score (nSPS) is 19.7. The van der Waals surface area contributed by atoms with Gasteiger partial charge in [0, 0.05) is 30.9 Å². The molecule has 1 aromatic carbocycles. The number of hydrogen-bond donors (Lipinski definition) is 1. The Morgan fingerprint density at radius 3 is 2.72 bits per heavy atom. The average Bonchev–Trinajstić information content (AvgIpc) is 2.39. The second-order valence-corrected chi connectivity index (χ2v) is 5.14. The van der Waals surface area contributed by atoms with Crippen molar-refractivity contribution in [1.82, 2.24) is 0 Å². The summed E-state index contributed by atoms with van der Waals surface area (Å²) < 4.78 is 0. The van der Waals surface area contributed by atoms with Gasteiger partial charge in [0.2, 0.25) is 5.91 Å². The summed E-state index contributed by atoms with van der Waals surface area (Å²) in [6, 6.07) is 8.18. The topological polar surface area (TPSA) is 32.3 Å². The minimum atomic E-state index is 0.0642. The van der Waals surface area contributed by atoms with Gasteiger partial charge in [-0.05, 0) is 43.0 Å². The number of benzene rings is 1. The number of amides is 1. The standard InChI is InChI=1S/C15H22N2O/c1-3-15(18)16-13-6-8-14(9-7-13)17-10-4-5-12(2)11-17/h6-9,12H,3-5,10-11H2,1-2H3,(H,16,18). The molecule has 0 saturated carbocycles. The minimum Gasteiger partial charge on any atom is -0.371 e. The first-order valence-electron chi connectivity index (χ1n) is 6.84. The summed E-state index contributed by atoms with van der Waals surface area (Å²) in [6.07, 6.45) is 3.13. The Morgan fingerprint density at radius 1 is 1.39 bits per heavy atom. The maximum atomic E-state index is 11.3. The predicted octanol–water partition coefficient (Wildman–Crippen LogP) is 3.27. The van der Waals surface area contributed by atoms with Gasteiger partial charge in [-0.2, -0.15) is 0 Å². The fraction of sp³-hybridized carbons (Fsp3) is 0.533. The van der Waals surface area contributed by atoms with E-state index in [4.69, 9.17) is 0 Å². The van der Waals surface area contributed by atoms with Crippen LogP contribution in [0.3, 0.4) is 0 Å². The van der Waals surface area contributed by atoms with Crippen LogP contribution in [0.25, 0.3) is 0 Å². The highest BCUT2D eigenvalue weighted by atomic mass is 16.1. The van der Waals surface area contributed by atoms with Crippen LogP contribution in [0.1, 0.15) is 33.1 Å². The van der Waals surface area contributed by atoms with Crippen LogP contribution in [0, 0.1) is 5.92 Å². The molecule has 1 saturated heterocycles. The molecule has 2 rings (SSSR count). The monoisotopic (exact) mass is 246 g/mol. The summed E-state index contributed by atoms with van der Waals surface area (Å²) in [7, 11) is 0. The molecule has 1 amide bonds. The van der Waals surface area contributed by atoms with Gasteiger partial charge in [0.25, 0.3) is 0 Å². The molecule has 3 nitrogen and oxygen atoms in total. The summed E-state index contributed by atoms with van der Waals surface area (Å²) in [4.78, 5) is 13.7. The van der Waals surface area contributed by atoms with Gasteiger partial charge in [0.05, 0.1) is 0 Å². The lowest BCUT2D eigenvalue weighted by Crippen LogP contribution is -2.34. The number of nitrogens with zero attached hydrogens (tertiary/aromatic N) is 1. The molecule has 1 atom stereocenters. The van der Waals surface area contributed by atoms with Crippen molar-refractivity contribution >= 4 is 17.3 Å². The van der Waals surface area contributed by atoms with E-state index >= 15 is 0 Å². The fourth-order valence-corrected chi connectivity index (χ4v) is 2.43. The molecule has 0 bridgehead atoms. The number of anilines is 2. The van der Waals surface area contributed by atoms with Gasteiger partial charge in [0.1, 0.15) is 0 Å². The fourth-order valence-electron chi connectivity index (χ4n) is 2.43. The lowest BCUT2D eigenvalue weighted by Gasteiger charge is -2.32. The van der Waals surface area contributed by atoms with Crippen LogP contribution < -0.4 is 10.2 Å². The Labute approximate surface area is 109 Å². The van der Waals surface area contributed by atoms with E-state index in [1.54, 1.807) is 0 Å². The smallest absolute Gasteiger partial charge is 0.224 e. The van der Waals surface area contributed by atoms with E-state index in [2.05, 4.69) is 29.3 Å². The van der Waals surface area contributed by atoms with E-state index in [0.717, 1.165) is 24.7 Å². The van der Waals surface area contributed by atoms with Crippen molar-refractivity contribution in [1.29, 1.82) is 0 Å². The van der Waals surface area contributed by atoms with Gasteiger partial charge in [0.15, 0.2) is 0 Å². The van der Waals surface area contributed by atoms with E-state index in [9.17, 15) is 4.79 Å². The molecule has 18 heavy (non-hydrogen) atoms. The molecule has 0 aromatic heterocycles. The molecule has 0 radical (unpaired) electrons. The number of nitrogens with one attached hydrogen (secondary N) is 1. The molecule has 1 N–H and O–H groups in total. The van der Waals surface area contributed by atoms with Crippen molar-refractivity contribution in [3.8, 4) is 0 Å². The molecular weight excluding hydrogens is 224 g/mol. The SMILES string of the molecule is CCC(=O)Nc1ccc(N2CCCC(C)C2)cc1. The highest BCUT2D eigenvalue weighted by molar-refractivity contribution is 5.90. The molecule has 1 aromatic rings. The van der Waals surface area contributed by atoms with Crippen LogP contribution in [0.5, 0.6) is 0 Å². The zero-order chi connectivity index (χ0) is 13.0. The van der Waals surface area contributed by atoms with E-state index in [1.165, 1.54) is 18.5 Å². The van der Waals surface area contributed by atoms with Crippen LogP contribution >= 0.6 is 0 Å². The van der Waals surface area contributed by atoms with Gasteiger partial charge >= 0.3 is 0 Å². The van der Waals surface area contributed by atoms with Crippen LogP contribution in [0.15, 0.2) is 24.3 Å². The number of carbonyl (C=O) groups is 1. The third-order valence-electron chi connectivity index (χ3n) is 3.49. The van der Waals surface area contributed by atoms with Crippen molar-refractivity contribution in [3.63, 3.8) is 0 Å². The van der Waals surface area contributed by atoms with E-state index in [0.29, 0.717) is 6.42 Å². The molecule has 0 spiro atoms. The Balaban J connectivity index is 2.00. The number of piperidine rings is 1. The number of hydrogen-bond acceptors (Lipinski definition) is 2. The summed E-state index contributed by atoms with van der Waals surface area (Å²) in [5.74, 6) is 0.840. The summed E-state index contributed by atoms with van der Waals surface area (Å²) in [5, 5.41) is 2.87. The first-order chi connectivity index (χ1) is 8.69. The van der Waals surface area contributed by atoms with Crippen LogP contribution in [-0.2, 0) is 4.79 Å². The highest BCUT2D eigenvalue weighted by Crippen LogP contribution is 2.24. The third kappa shape index (κ3) is 3.25. The zero-order valence-corrected chi connectivity index (χ0v) is 11.3. The Morgan fingerprint density at radius 2 is 2.11 bits per heavy atom. The highest BCUT2D eigenvalue weighted by Gasteiger charge is 2.16. The van der Waals surface area contributed by atoms with Crippen LogP contribution in [0.4, 0.5) is 11.4 Å². The first kappa shape index (κ1) is 12.9. The van der Waals surface area contributed by atoms with E-state index in [-0.39, 0.29) is 5.91 Å². The second kappa shape index (κ2) is 5.89. The first-order valence-corrected chi connectivity index (χ1v) is 6.84. The van der Waals surface area contributed by atoms with Crippen LogP contribution in [0.2, 0.25) is 0 Å². The van der Waals surface area contributed by atoms with E-state index < -0.39 is 0 Å². The zero-order valence-electron chi connectivity index (χ0n) is 11.3. The van der Waals surface area contributed by atoms with Crippen molar-refractivity contribution in [2.45, 2.75) is 33.1 Å². The molecule has 1 aliphatic rings. The average molecular weight is 246 g/mol. The number of carbonyl (C=O) groups excluding carboxylic acids is 1. The summed E-state index contributed by atoms with van der Waals surface area (Å²) >= 11 is 0. The largest absolute Gasteiger partial charge is 0.371 e. The molecule has 98 valence electrons. The van der Waals surface area contributed by atoms with Crippen LogP contribution in [-0.4, -0.2) is 19.0 Å². The van der Waals surface area contributed by atoms with Crippen molar-refractivity contribution in [3.05, 3.63) is 24.3 Å². The second-order valence-electron chi connectivity index (χ2n) is 5.14. The van der Waals surface area contributed by atoms with Gasteiger partial charge < -0.3 is 10.2 Å². The summed E-state index contributed by atoms with van der Waals surface area (Å²) in [6.45, 7) is 6.45. The molecule has 1 heterocycles. The van der Waals surface area contributed by atoms with Gasteiger partial charge in [-0.15, -0.1) is 0 Å². The van der Waals surface area contributed by atoms with Crippen molar-refractivity contribution < 1.29 is 4.79 Å². The van der Waals surface area contributed by atoms with Gasteiger partial charge in [-0.3, -0.25) is 4.79 Å². The maximum Gasteiger partial charge on any atom is 0.224 e. The van der Waals surface area contributed by atoms with Gasteiger partial charge in [-0.25, -0.2) is 0 Å². The lowest BCUT2D eigenvalue weighted by atomic mass is 10.00. The third-order valence-corrected chi connectivity index (χ3v) is 3.49. The van der Waals surface area contributed by atoms with Gasteiger partial charge in [-0.1, -0.05) is 13.8 Å². The van der Waals surface area contributed by atoms with Crippen molar-refractivity contribution in [2.24, 2.45) is 5.92 Å². The lowest BCUT2D eigenvalue weighted by molar-refractivity contribution is -0.115. The Hall–Kier alpha value is -1.51. The van der Waals surface area contributed by atoms with Crippen molar-refractivity contribution in [2.75, 3.05) is 23.3 Å². The van der Waals surface area contributed by atoms with E-state index in [1.807, 2.05) is 19.1 Å². The maximum absolute atomic E-state index is 11.3. The quantitative estimate of drug-likeness (QED) is 0.887. The minimum absolute atomic E-state index is 0.0642. The summed E-state index contributed by atoms with van der Waals surface area (Å²) in [5.41, 5.74) is 2.15. The molecule has 1 aliphatic heterocycles. The molecule has 1 unspecified atom stereocenters. The Bertz CT molecular complexity index is 399. The number of rotatable bonds is 3. The molecular formula is C15H22N2O. The Kier molecular flexibility index (Phi) is 4.24. The molecule has 1 fully saturated rings. The predicted molar refractivity (Wildman–Crippen MR) is 76.0 cm³/mol. The molecule has 3 heteroatoms. The molecule has 0 aliphatic carbocycles.